The van der Waals surface area contributed by atoms with Crippen LogP contribution in [0.2, 0.25) is 0 Å². The van der Waals surface area contributed by atoms with Gasteiger partial charge in [-0.15, -0.1) is 13.2 Å². The average Bonchev–Trinajstić information content (AvgIpc) is 3.70. The van der Waals surface area contributed by atoms with E-state index in [1.807, 2.05) is 25.2 Å². The fourth-order valence-corrected chi connectivity index (χ4v) is 4.18. The molecule has 1 unspecified atom stereocenters. The van der Waals surface area contributed by atoms with Crippen LogP contribution in [0.1, 0.15) is 36.8 Å². The molecular weight excluding hydrogens is 396 g/mol. The number of benzene rings is 2. The molecular formula is C27H40N4O. The third kappa shape index (κ3) is 7.23. The van der Waals surface area contributed by atoms with Crippen molar-refractivity contribution in [2.75, 3.05) is 27.2 Å². The zero-order valence-electron chi connectivity index (χ0n) is 19.7. The fraction of sp³-hybridized carbons (Fsp3) is 0.407. The van der Waals surface area contributed by atoms with Crippen LogP contribution in [0.15, 0.2) is 74.3 Å². The fourth-order valence-electron chi connectivity index (χ4n) is 4.18. The maximum Gasteiger partial charge on any atom is 0.124 e. The molecule has 1 aliphatic heterocycles. The Labute approximate surface area is 194 Å². The summed E-state index contributed by atoms with van der Waals surface area (Å²) in [4.78, 5) is 0. The molecule has 0 aromatic heterocycles. The lowest BCUT2D eigenvalue weighted by molar-refractivity contribution is 0.251. The molecule has 1 atom stereocenters. The molecule has 5 N–H and O–H groups in total. The topological polar surface area (TPSA) is 78.3 Å². The second-order valence-electron chi connectivity index (χ2n) is 8.31. The zero-order valence-corrected chi connectivity index (χ0v) is 19.7. The molecule has 2 aromatic rings. The number of nitrogens with one attached hydrogen (secondary N) is 4. The second-order valence-corrected chi connectivity index (χ2v) is 8.31. The Kier molecular flexibility index (Phi) is 10.5. The van der Waals surface area contributed by atoms with Crippen LogP contribution in [0.5, 0.6) is 5.75 Å². The van der Waals surface area contributed by atoms with Gasteiger partial charge in [-0.05, 0) is 57.5 Å². The van der Waals surface area contributed by atoms with Crippen LogP contribution in [0.4, 0.5) is 0 Å². The van der Waals surface area contributed by atoms with E-state index in [4.69, 9.17) is 0 Å². The molecule has 0 spiro atoms. The smallest absolute Gasteiger partial charge is 0.124 e. The Morgan fingerprint density at radius 2 is 1.59 bits per heavy atom. The summed E-state index contributed by atoms with van der Waals surface area (Å²) in [5, 5.41) is 23.1. The van der Waals surface area contributed by atoms with E-state index in [-0.39, 0.29) is 11.2 Å². The van der Waals surface area contributed by atoms with Crippen LogP contribution in [0.25, 0.3) is 5.70 Å². The molecule has 2 fully saturated rings. The van der Waals surface area contributed by atoms with Crippen LogP contribution < -0.4 is 21.3 Å². The van der Waals surface area contributed by atoms with E-state index in [2.05, 4.69) is 78.4 Å². The predicted molar refractivity (Wildman–Crippen MR) is 137 cm³/mol. The Bertz CT molecular complexity index is 811. The highest BCUT2D eigenvalue weighted by Crippen LogP contribution is 2.39. The summed E-state index contributed by atoms with van der Waals surface area (Å²) in [6, 6.07) is 18.8. The van der Waals surface area contributed by atoms with Gasteiger partial charge in [0.05, 0.1) is 6.17 Å². The molecule has 174 valence electrons. The molecule has 5 nitrogen and oxygen atoms in total. The van der Waals surface area contributed by atoms with Crippen molar-refractivity contribution in [2.24, 2.45) is 0 Å². The maximum absolute atomic E-state index is 10.1. The summed E-state index contributed by atoms with van der Waals surface area (Å²) in [6.07, 6.45) is 5.27. The molecule has 1 aliphatic carbocycles. The van der Waals surface area contributed by atoms with Gasteiger partial charge in [-0.1, -0.05) is 49.0 Å². The zero-order chi connectivity index (χ0) is 23.4. The number of para-hydroxylation sites is 1. The Balaban J connectivity index is 0.000000448. The minimum absolute atomic E-state index is 0.113. The number of hydrogen-bond donors (Lipinski definition) is 5. The quantitative estimate of drug-likeness (QED) is 0.335. The van der Waals surface area contributed by atoms with E-state index >= 15 is 0 Å². The highest BCUT2D eigenvalue weighted by atomic mass is 16.3. The van der Waals surface area contributed by atoms with E-state index in [0.717, 1.165) is 37.2 Å². The molecule has 2 aromatic carbocycles. The Morgan fingerprint density at radius 3 is 2.09 bits per heavy atom. The van der Waals surface area contributed by atoms with Crippen LogP contribution in [0, 0.1) is 0 Å². The first-order chi connectivity index (χ1) is 15.6. The van der Waals surface area contributed by atoms with Crippen LogP contribution in [-0.2, 0) is 5.41 Å². The van der Waals surface area contributed by atoms with Crippen molar-refractivity contribution >= 4 is 5.70 Å². The standard InChI is InChI=1S/C22H28N2O.C3H8N2.C2H4/c1-17(20-10-6-7-11-21(20)25)24-16-22(18-8-4-3-5-9-18)14-12-19(23-2)13-15-22;1-4-3-2-5-3;1-2/h3-11,19,23-25H,1,12-16H2,2H3;3-5H,2H2,1H3;1-2H2. The Hall–Kier alpha value is -2.60. The molecule has 5 heteroatoms. The number of phenols is 1. The summed E-state index contributed by atoms with van der Waals surface area (Å²) in [6.45, 7) is 12.1. The number of likely N-dealkylation sites (N-methyl/N-ethyl adjacent to an activating group) is 1. The first kappa shape index (κ1) is 25.7. The van der Waals surface area contributed by atoms with E-state index in [9.17, 15) is 5.11 Å². The van der Waals surface area contributed by atoms with E-state index in [1.165, 1.54) is 18.4 Å². The normalized spacial score (nSPS) is 23.6. The molecule has 4 rings (SSSR count). The van der Waals surface area contributed by atoms with Gasteiger partial charge in [0.2, 0.25) is 0 Å². The molecule has 0 amide bonds. The third-order valence-electron chi connectivity index (χ3n) is 6.36. The van der Waals surface area contributed by atoms with Gasteiger partial charge in [-0.25, -0.2) is 0 Å². The summed E-state index contributed by atoms with van der Waals surface area (Å²) >= 11 is 0. The minimum atomic E-state index is 0.113. The molecule has 1 saturated heterocycles. The molecule has 0 bridgehead atoms. The summed E-state index contributed by atoms with van der Waals surface area (Å²) in [5.41, 5.74) is 3.06. The van der Waals surface area contributed by atoms with E-state index in [0.29, 0.717) is 12.2 Å². The van der Waals surface area contributed by atoms with Gasteiger partial charge in [0, 0.05) is 35.8 Å². The molecule has 1 heterocycles. The lowest BCUT2D eigenvalue weighted by Crippen LogP contribution is -2.44. The van der Waals surface area contributed by atoms with Gasteiger partial charge in [0.15, 0.2) is 0 Å². The van der Waals surface area contributed by atoms with Gasteiger partial charge in [0.1, 0.15) is 5.75 Å². The highest BCUT2D eigenvalue weighted by Gasteiger charge is 2.36. The van der Waals surface area contributed by atoms with Crippen molar-refractivity contribution in [3.05, 3.63) is 85.5 Å². The van der Waals surface area contributed by atoms with Crippen LogP contribution >= 0.6 is 0 Å². The van der Waals surface area contributed by atoms with Crippen molar-refractivity contribution < 1.29 is 5.11 Å². The van der Waals surface area contributed by atoms with Gasteiger partial charge >= 0.3 is 0 Å². The van der Waals surface area contributed by atoms with E-state index in [1.54, 1.807) is 6.07 Å². The van der Waals surface area contributed by atoms with E-state index < -0.39 is 0 Å². The monoisotopic (exact) mass is 436 g/mol. The molecule has 32 heavy (non-hydrogen) atoms. The van der Waals surface area contributed by atoms with Gasteiger partial charge in [-0.3, -0.25) is 5.32 Å². The minimum Gasteiger partial charge on any atom is -0.507 e. The lowest BCUT2D eigenvalue weighted by atomic mass is 9.68. The summed E-state index contributed by atoms with van der Waals surface area (Å²) in [5.74, 6) is 0.271. The van der Waals surface area contributed by atoms with Crippen molar-refractivity contribution in [3.8, 4) is 5.75 Å². The second kappa shape index (κ2) is 13.1. The number of hydrogen-bond acceptors (Lipinski definition) is 5. The summed E-state index contributed by atoms with van der Waals surface area (Å²) in [7, 11) is 4.00. The highest BCUT2D eigenvalue weighted by molar-refractivity contribution is 5.67. The first-order valence-electron chi connectivity index (χ1n) is 11.4. The lowest BCUT2D eigenvalue weighted by Gasteiger charge is -2.41. The largest absolute Gasteiger partial charge is 0.507 e. The molecule has 2 aliphatic rings. The van der Waals surface area contributed by atoms with Gasteiger partial charge < -0.3 is 21.1 Å². The molecule has 1 saturated carbocycles. The average molecular weight is 437 g/mol. The van der Waals surface area contributed by atoms with Gasteiger partial charge in [0.25, 0.3) is 0 Å². The number of rotatable bonds is 7. The maximum atomic E-state index is 10.1. The van der Waals surface area contributed by atoms with Crippen molar-refractivity contribution in [2.45, 2.75) is 43.3 Å². The van der Waals surface area contributed by atoms with Crippen LogP contribution in [0.3, 0.4) is 0 Å². The summed E-state index contributed by atoms with van der Waals surface area (Å²) < 4.78 is 0. The van der Waals surface area contributed by atoms with Crippen LogP contribution in [-0.4, -0.2) is 44.5 Å². The molecule has 0 radical (unpaired) electrons. The van der Waals surface area contributed by atoms with Crippen molar-refractivity contribution in [3.63, 3.8) is 0 Å². The Morgan fingerprint density at radius 1 is 1.00 bits per heavy atom. The number of aromatic hydroxyl groups is 1. The first-order valence-corrected chi connectivity index (χ1v) is 11.4. The number of phenolic OH excluding ortho intramolecular Hbond substituents is 1. The SMILES string of the molecule is C=C.C=C(NCC1(c2ccccc2)CCC(NC)CC1)c1ccccc1O.CNC1CN1. The third-order valence-corrected chi connectivity index (χ3v) is 6.36. The van der Waals surface area contributed by atoms with Crippen molar-refractivity contribution in [1.29, 1.82) is 0 Å². The van der Waals surface area contributed by atoms with Gasteiger partial charge in [-0.2, -0.15) is 0 Å². The predicted octanol–water partition coefficient (Wildman–Crippen LogP) is 3.99. The van der Waals surface area contributed by atoms with Crippen molar-refractivity contribution in [1.82, 2.24) is 21.3 Å².